The van der Waals surface area contributed by atoms with Crippen molar-refractivity contribution >= 4 is 28.3 Å². The van der Waals surface area contributed by atoms with Crippen LogP contribution >= 0.6 is 11.6 Å². The SMILES string of the molecule is O=C(Cn1ncc2ccccc2c1=O)N1CCC[C@H]1c1ncc(Cc2ccc(Cl)cc2)o1. The number of likely N-dealkylation sites (tertiary alicyclic amines) is 1. The van der Waals surface area contributed by atoms with Gasteiger partial charge in [0.2, 0.25) is 11.8 Å². The van der Waals surface area contributed by atoms with Crippen LogP contribution in [0.3, 0.4) is 0 Å². The monoisotopic (exact) mass is 448 g/mol. The fourth-order valence-corrected chi connectivity index (χ4v) is 4.27. The van der Waals surface area contributed by atoms with E-state index in [2.05, 4.69) is 10.1 Å². The van der Waals surface area contributed by atoms with Crippen LogP contribution in [-0.2, 0) is 17.8 Å². The molecule has 0 radical (unpaired) electrons. The number of fused-ring (bicyclic) bond motifs is 1. The van der Waals surface area contributed by atoms with Crippen molar-refractivity contribution in [3.63, 3.8) is 0 Å². The van der Waals surface area contributed by atoms with Gasteiger partial charge in [-0.2, -0.15) is 5.10 Å². The average molecular weight is 449 g/mol. The summed E-state index contributed by atoms with van der Waals surface area (Å²) in [4.78, 5) is 32.0. The van der Waals surface area contributed by atoms with Crippen molar-refractivity contribution in [3.8, 4) is 0 Å². The highest BCUT2D eigenvalue weighted by molar-refractivity contribution is 6.30. The molecule has 1 saturated heterocycles. The molecule has 0 bridgehead atoms. The van der Waals surface area contributed by atoms with Gasteiger partial charge >= 0.3 is 0 Å². The molecule has 8 heteroatoms. The summed E-state index contributed by atoms with van der Waals surface area (Å²) in [6.07, 6.45) is 5.54. The number of carbonyl (C=O) groups is 1. The number of aromatic nitrogens is 3. The van der Waals surface area contributed by atoms with Gasteiger partial charge in [-0.3, -0.25) is 9.59 Å². The minimum Gasteiger partial charge on any atom is -0.443 e. The molecule has 1 fully saturated rings. The van der Waals surface area contributed by atoms with E-state index in [4.69, 9.17) is 16.0 Å². The van der Waals surface area contributed by atoms with E-state index in [-0.39, 0.29) is 24.1 Å². The molecule has 3 heterocycles. The molecule has 0 unspecified atom stereocenters. The second kappa shape index (κ2) is 8.59. The second-order valence-corrected chi connectivity index (χ2v) is 8.34. The second-order valence-electron chi connectivity index (χ2n) is 7.91. The highest BCUT2D eigenvalue weighted by atomic mass is 35.5. The van der Waals surface area contributed by atoms with Gasteiger partial charge in [-0.05, 0) is 36.6 Å². The third-order valence-electron chi connectivity index (χ3n) is 5.77. The van der Waals surface area contributed by atoms with Crippen LogP contribution in [0.25, 0.3) is 10.8 Å². The van der Waals surface area contributed by atoms with E-state index in [1.165, 1.54) is 4.68 Å². The summed E-state index contributed by atoms with van der Waals surface area (Å²) < 4.78 is 7.22. The number of amides is 1. The standard InChI is InChI=1S/C24H21ClN4O3/c25-18-9-7-16(8-10-18)12-19-14-26-23(32-19)21-6-3-11-28(21)22(30)15-29-24(31)20-5-2-1-4-17(20)13-27-29/h1-2,4-5,7-10,13-14,21H,3,6,11-12,15H2/t21-/m0/s1. The van der Waals surface area contributed by atoms with Gasteiger partial charge in [0.25, 0.3) is 5.56 Å². The lowest BCUT2D eigenvalue weighted by molar-refractivity contribution is -0.133. The molecule has 162 valence electrons. The third kappa shape index (κ3) is 4.03. The fourth-order valence-electron chi connectivity index (χ4n) is 4.14. The first kappa shape index (κ1) is 20.5. The van der Waals surface area contributed by atoms with Crippen LogP contribution in [0.2, 0.25) is 5.02 Å². The molecule has 32 heavy (non-hydrogen) atoms. The van der Waals surface area contributed by atoms with E-state index >= 15 is 0 Å². The van der Waals surface area contributed by atoms with Crippen molar-refractivity contribution in [2.75, 3.05) is 6.54 Å². The Morgan fingerprint density at radius 2 is 1.94 bits per heavy atom. The summed E-state index contributed by atoms with van der Waals surface area (Å²) in [5.74, 6) is 1.09. The van der Waals surface area contributed by atoms with Gasteiger partial charge < -0.3 is 9.32 Å². The molecule has 0 saturated carbocycles. The molecule has 7 nitrogen and oxygen atoms in total. The van der Waals surface area contributed by atoms with E-state index < -0.39 is 0 Å². The van der Waals surface area contributed by atoms with E-state index in [9.17, 15) is 9.59 Å². The fraction of sp³-hybridized carbons (Fsp3) is 0.250. The molecule has 2 aromatic heterocycles. The number of nitrogens with zero attached hydrogens (tertiary/aromatic N) is 4. The lowest BCUT2D eigenvalue weighted by Crippen LogP contribution is -2.37. The van der Waals surface area contributed by atoms with Crippen molar-refractivity contribution < 1.29 is 9.21 Å². The van der Waals surface area contributed by atoms with Gasteiger partial charge in [0.1, 0.15) is 18.3 Å². The zero-order chi connectivity index (χ0) is 22.1. The molecule has 1 aliphatic heterocycles. The molecule has 1 amide bonds. The first-order chi connectivity index (χ1) is 15.6. The largest absolute Gasteiger partial charge is 0.443 e. The first-order valence-electron chi connectivity index (χ1n) is 10.5. The summed E-state index contributed by atoms with van der Waals surface area (Å²) >= 11 is 5.95. The Kier molecular flexibility index (Phi) is 5.49. The number of benzene rings is 2. The zero-order valence-electron chi connectivity index (χ0n) is 17.3. The van der Waals surface area contributed by atoms with Gasteiger partial charge in [-0.15, -0.1) is 0 Å². The molecule has 1 atom stereocenters. The predicted molar refractivity (Wildman–Crippen MR) is 120 cm³/mol. The number of carbonyl (C=O) groups excluding carboxylic acids is 1. The van der Waals surface area contributed by atoms with Crippen LogP contribution in [0.15, 0.2) is 70.1 Å². The number of halogens is 1. The Morgan fingerprint density at radius 1 is 1.12 bits per heavy atom. The number of oxazole rings is 1. The van der Waals surface area contributed by atoms with Crippen molar-refractivity contribution in [2.24, 2.45) is 0 Å². The minimum atomic E-state index is -0.270. The van der Waals surface area contributed by atoms with Gasteiger partial charge in [0, 0.05) is 23.4 Å². The molecule has 0 aliphatic carbocycles. The quantitative estimate of drug-likeness (QED) is 0.461. The molecule has 1 aliphatic rings. The Bertz CT molecular complexity index is 1330. The van der Waals surface area contributed by atoms with Crippen molar-refractivity contribution in [2.45, 2.75) is 31.8 Å². The van der Waals surface area contributed by atoms with Crippen LogP contribution in [0.4, 0.5) is 0 Å². The Morgan fingerprint density at radius 3 is 2.78 bits per heavy atom. The predicted octanol–water partition coefficient (Wildman–Crippen LogP) is 3.99. The zero-order valence-corrected chi connectivity index (χ0v) is 18.0. The van der Waals surface area contributed by atoms with Gasteiger partial charge in [0.05, 0.1) is 17.8 Å². The van der Waals surface area contributed by atoms with Crippen LogP contribution in [0.5, 0.6) is 0 Å². The lowest BCUT2D eigenvalue weighted by Gasteiger charge is -2.22. The van der Waals surface area contributed by atoms with Crippen LogP contribution in [-0.4, -0.2) is 32.1 Å². The molecule has 4 aromatic rings. The molecule has 2 aromatic carbocycles. The van der Waals surface area contributed by atoms with Crippen molar-refractivity contribution in [1.82, 2.24) is 19.7 Å². The summed E-state index contributed by atoms with van der Waals surface area (Å²) in [6.45, 7) is 0.485. The van der Waals surface area contributed by atoms with Crippen LogP contribution in [0.1, 0.15) is 36.1 Å². The van der Waals surface area contributed by atoms with Crippen LogP contribution < -0.4 is 5.56 Å². The molecular formula is C24H21ClN4O3. The highest BCUT2D eigenvalue weighted by Crippen LogP contribution is 2.32. The Labute approximate surface area is 189 Å². The molecular weight excluding hydrogens is 428 g/mol. The van der Waals surface area contributed by atoms with E-state index in [1.807, 2.05) is 36.4 Å². The van der Waals surface area contributed by atoms with E-state index in [0.29, 0.717) is 29.3 Å². The Hall–Kier alpha value is -3.45. The summed E-state index contributed by atoms with van der Waals surface area (Å²) in [6, 6.07) is 14.6. The summed E-state index contributed by atoms with van der Waals surface area (Å²) in [5.41, 5.74) is 0.798. The molecule has 0 N–H and O–H groups in total. The first-order valence-corrected chi connectivity index (χ1v) is 10.9. The Balaban J connectivity index is 1.32. The molecule has 5 rings (SSSR count). The summed E-state index contributed by atoms with van der Waals surface area (Å²) in [7, 11) is 0. The number of hydrogen-bond acceptors (Lipinski definition) is 5. The third-order valence-corrected chi connectivity index (χ3v) is 6.02. The van der Waals surface area contributed by atoms with Gasteiger partial charge in [-0.25, -0.2) is 9.67 Å². The lowest BCUT2D eigenvalue weighted by atomic mass is 10.1. The van der Waals surface area contributed by atoms with Crippen molar-refractivity contribution in [3.05, 3.63) is 93.5 Å². The number of rotatable bonds is 5. The maximum Gasteiger partial charge on any atom is 0.275 e. The normalized spacial score (nSPS) is 16.0. The van der Waals surface area contributed by atoms with Gasteiger partial charge in [-0.1, -0.05) is 41.9 Å². The minimum absolute atomic E-state index is 0.113. The summed E-state index contributed by atoms with van der Waals surface area (Å²) in [5, 5.41) is 6.17. The number of hydrogen-bond donors (Lipinski definition) is 0. The maximum absolute atomic E-state index is 13.1. The van der Waals surface area contributed by atoms with E-state index in [1.54, 1.807) is 29.4 Å². The van der Waals surface area contributed by atoms with Crippen LogP contribution in [0, 0.1) is 0 Å². The van der Waals surface area contributed by atoms with E-state index in [0.717, 1.165) is 29.6 Å². The average Bonchev–Trinajstić information content (AvgIpc) is 3.47. The van der Waals surface area contributed by atoms with Gasteiger partial charge in [0.15, 0.2) is 0 Å². The molecule has 0 spiro atoms. The smallest absolute Gasteiger partial charge is 0.275 e. The maximum atomic E-state index is 13.1. The highest BCUT2D eigenvalue weighted by Gasteiger charge is 2.33. The topological polar surface area (TPSA) is 81.2 Å². The van der Waals surface area contributed by atoms with Crippen molar-refractivity contribution in [1.29, 1.82) is 0 Å².